The summed E-state index contributed by atoms with van der Waals surface area (Å²) in [6, 6.07) is 10.0. The SMILES string of the molecule is C=C(C)C(=O)O.C=C(C)C(=O)OC.C=CC(=O)OCCCC.C=CC(=O)OCCO.C=Cc1ccccc1.CCCCCCCCCCCCCO.CCCCOP(=O)(OCCCC)OCCCC. The van der Waals surface area contributed by atoms with Crippen molar-refractivity contribution in [2.75, 3.05) is 53.4 Å². The second-order valence-electron chi connectivity index (χ2n) is 15.1. The number of hydrogen-bond donors (Lipinski definition) is 3. The Labute approximate surface area is 419 Å². The predicted molar refractivity (Wildman–Crippen MR) is 284 cm³/mol. The number of benzene rings is 1. The van der Waals surface area contributed by atoms with Crippen molar-refractivity contribution in [3.05, 3.63) is 92.1 Å². The van der Waals surface area contributed by atoms with Gasteiger partial charge in [0.15, 0.2) is 0 Å². The van der Waals surface area contributed by atoms with Crippen LogP contribution in [0.5, 0.6) is 0 Å². The van der Waals surface area contributed by atoms with Gasteiger partial charge in [0.25, 0.3) is 0 Å². The first-order chi connectivity index (χ1) is 33.0. The van der Waals surface area contributed by atoms with Gasteiger partial charge < -0.3 is 29.5 Å². The topological polar surface area (TPSA) is 201 Å². The van der Waals surface area contributed by atoms with E-state index >= 15 is 0 Å². The molecular formula is C54H97O14P. The van der Waals surface area contributed by atoms with Crippen LogP contribution in [0, 0.1) is 0 Å². The predicted octanol–water partition coefficient (Wildman–Crippen LogP) is 13.8. The highest BCUT2D eigenvalue weighted by molar-refractivity contribution is 7.48. The van der Waals surface area contributed by atoms with Crippen molar-refractivity contribution in [1.29, 1.82) is 0 Å². The maximum atomic E-state index is 12.2. The van der Waals surface area contributed by atoms with Gasteiger partial charge in [0.2, 0.25) is 0 Å². The van der Waals surface area contributed by atoms with Crippen LogP contribution in [0.15, 0.2) is 86.5 Å². The van der Waals surface area contributed by atoms with Crippen LogP contribution in [0.4, 0.5) is 0 Å². The summed E-state index contributed by atoms with van der Waals surface area (Å²) in [6.07, 6.45) is 26.4. The monoisotopic (exact) mass is 1000 g/mol. The standard InChI is InChI=1S/C13H28O.C12H27O4P.C8H8.C7H12O2.C5H8O3.C5H8O2.C4H6O2/c1-2-3-4-5-6-7-8-9-10-11-12-13-14;1-4-7-10-14-17(13,15-11-8-5-2)16-12-9-6-3;1-2-8-6-4-3-5-7-8;1-3-5-6-9-7(8)4-2;1-2-5(7)8-4-3-6;1-4(2)5(6)7-3;1-3(2)4(5)6/h14H,2-13H2,1H3;4-12H2,1-3H3;2-7H,1H2;4H,2-3,5-6H2,1H3;2,6H,1,3-4H2;1H2,2-3H3;1H2,2H3,(H,5,6). The van der Waals surface area contributed by atoms with Gasteiger partial charge in [0.05, 0.1) is 40.1 Å². The van der Waals surface area contributed by atoms with Crippen molar-refractivity contribution in [3.63, 3.8) is 0 Å². The van der Waals surface area contributed by atoms with Crippen LogP contribution in [0.25, 0.3) is 6.08 Å². The molecule has 0 saturated carbocycles. The number of carbonyl (C=O) groups is 4. The van der Waals surface area contributed by atoms with E-state index in [9.17, 15) is 23.7 Å². The maximum absolute atomic E-state index is 12.2. The molecule has 69 heavy (non-hydrogen) atoms. The minimum absolute atomic E-state index is 0.0465. The van der Waals surface area contributed by atoms with Gasteiger partial charge in [-0.1, -0.05) is 194 Å². The highest BCUT2D eigenvalue weighted by atomic mass is 31.2. The lowest BCUT2D eigenvalue weighted by molar-refractivity contribution is -0.139. The van der Waals surface area contributed by atoms with Gasteiger partial charge in [0.1, 0.15) is 6.61 Å². The molecule has 0 bridgehead atoms. The highest BCUT2D eigenvalue weighted by Crippen LogP contribution is 2.49. The lowest BCUT2D eigenvalue weighted by Gasteiger charge is -2.17. The molecule has 0 unspecified atom stereocenters. The van der Waals surface area contributed by atoms with Crippen molar-refractivity contribution >= 4 is 37.8 Å². The smallest absolute Gasteiger partial charge is 0.474 e. The van der Waals surface area contributed by atoms with Crippen LogP contribution in [-0.2, 0) is 51.5 Å². The van der Waals surface area contributed by atoms with Gasteiger partial charge in [-0.15, -0.1) is 0 Å². The van der Waals surface area contributed by atoms with E-state index in [1.807, 2.05) is 43.3 Å². The van der Waals surface area contributed by atoms with Crippen molar-refractivity contribution < 1.29 is 66.8 Å². The zero-order valence-electron chi connectivity index (χ0n) is 44.3. The van der Waals surface area contributed by atoms with Gasteiger partial charge in [-0.2, -0.15) is 0 Å². The normalized spacial score (nSPS) is 9.59. The highest BCUT2D eigenvalue weighted by Gasteiger charge is 2.25. The molecule has 0 amide bonds. The first-order valence-corrected chi connectivity index (χ1v) is 26.1. The Morgan fingerprint density at radius 3 is 1.14 bits per heavy atom. The molecule has 0 aliphatic heterocycles. The quantitative estimate of drug-likeness (QED) is 0.0197. The first-order valence-electron chi connectivity index (χ1n) is 24.6. The van der Waals surface area contributed by atoms with Crippen LogP contribution in [0.3, 0.4) is 0 Å². The van der Waals surface area contributed by atoms with Crippen molar-refractivity contribution in [2.24, 2.45) is 0 Å². The third-order valence-electron chi connectivity index (χ3n) is 8.35. The van der Waals surface area contributed by atoms with Gasteiger partial charge in [0, 0.05) is 29.9 Å². The number of carbonyl (C=O) groups excluding carboxylic acids is 3. The Morgan fingerprint density at radius 1 is 0.536 bits per heavy atom. The van der Waals surface area contributed by atoms with E-state index in [2.05, 4.69) is 74.8 Å². The molecule has 0 radical (unpaired) electrons. The van der Waals surface area contributed by atoms with E-state index in [0.717, 1.165) is 63.9 Å². The number of ether oxygens (including phenoxy) is 3. The fourth-order valence-electron chi connectivity index (χ4n) is 4.19. The van der Waals surface area contributed by atoms with E-state index in [0.29, 0.717) is 38.6 Å². The molecule has 1 aromatic rings. The lowest BCUT2D eigenvalue weighted by Crippen LogP contribution is -2.04. The summed E-state index contributed by atoms with van der Waals surface area (Å²) in [5, 5.41) is 24.6. The third-order valence-corrected chi connectivity index (χ3v) is 9.85. The minimum atomic E-state index is -3.31. The molecular weight excluding hydrogens is 904 g/mol. The number of carboxylic acids is 1. The minimum Gasteiger partial charge on any atom is -0.478 e. The molecule has 0 saturated heterocycles. The summed E-state index contributed by atoms with van der Waals surface area (Å²) in [5.74, 6) is -2.11. The van der Waals surface area contributed by atoms with E-state index in [1.165, 1.54) is 89.9 Å². The van der Waals surface area contributed by atoms with E-state index in [-0.39, 0.29) is 30.7 Å². The largest absolute Gasteiger partial charge is 0.478 e. The van der Waals surface area contributed by atoms with Crippen molar-refractivity contribution in [2.45, 2.75) is 170 Å². The molecule has 14 nitrogen and oxygen atoms in total. The number of aliphatic hydroxyl groups is 2. The van der Waals surface area contributed by atoms with E-state index < -0.39 is 19.8 Å². The fourth-order valence-corrected chi connectivity index (χ4v) is 5.48. The number of carboxylic acid groups (broad SMARTS) is 1. The number of aliphatic hydroxyl groups excluding tert-OH is 2. The fraction of sp³-hybridized carbons (Fsp3) is 0.630. The Balaban J connectivity index is -0.000000173. The number of unbranched alkanes of at least 4 members (excludes halogenated alkanes) is 14. The molecule has 402 valence electrons. The molecule has 0 aliphatic carbocycles. The average molecular weight is 1000 g/mol. The summed E-state index contributed by atoms with van der Waals surface area (Å²) >= 11 is 0. The van der Waals surface area contributed by atoms with Crippen LogP contribution in [-0.4, -0.2) is 92.6 Å². The second-order valence-corrected chi connectivity index (χ2v) is 16.7. The molecule has 0 aromatic heterocycles. The summed E-state index contributed by atoms with van der Waals surface area (Å²) < 4.78 is 41.3. The molecule has 3 N–H and O–H groups in total. The Kier molecular flexibility index (Phi) is 70.6. The molecule has 0 atom stereocenters. The molecule has 1 aromatic carbocycles. The first kappa shape index (κ1) is 76.3. The van der Waals surface area contributed by atoms with E-state index in [4.69, 9.17) is 28.9 Å². The summed E-state index contributed by atoms with van der Waals surface area (Å²) in [6.45, 7) is 32.2. The molecule has 0 fully saturated rings. The van der Waals surface area contributed by atoms with Gasteiger partial charge in [-0.25, -0.2) is 23.7 Å². The molecule has 0 aliphatic rings. The number of methoxy groups -OCH3 is 1. The van der Waals surface area contributed by atoms with Crippen molar-refractivity contribution in [1.82, 2.24) is 0 Å². The number of rotatable bonds is 33. The van der Waals surface area contributed by atoms with Gasteiger partial charge in [-0.3, -0.25) is 13.6 Å². The van der Waals surface area contributed by atoms with Crippen LogP contribution in [0.1, 0.15) is 176 Å². The van der Waals surface area contributed by atoms with E-state index in [1.54, 1.807) is 6.92 Å². The lowest BCUT2D eigenvalue weighted by atomic mass is 10.1. The van der Waals surface area contributed by atoms with Crippen LogP contribution >= 0.6 is 7.82 Å². The van der Waals surface area contributed by atoms with Crippen LogP contribution in [0.2, 0.25) is 0 Å². The summed E-state index contributed by atoms with van der Waals surface area (Å²) in [5.41, 5.74) is 1.78. The summed E-state index contributed by atoms with van der Waals surface area (Å²) in [7, 11) is -1.98. The van der Waals surface area contributed by atoms with Gasteiger partial charge in [-0.05, 0) is 51.5 Å². The Morgan fingerprint density at radius 2 is 0.884 bits per heavy atom. The van der Waals surface area contributed by atoms with Crippen LogP contribution < -0.4 is 0 Å². The molecule has 0 heterocycles. The Bertz CT molecular complexity index is 1360. The number of phosphoric acid groups is 1. The second kappa shape index (κ2) is 63.8. The number of phosphoric ester groups is 1. The number of esters is 3. The molecule has 15 heteroatoms. The zero-order valence-corrected chi connectivity index (χ0v) is 45.2. The molecule has 1 rings (SSSR count). The summed E-state index contributed by atoms with van der Waals surface area (Å²) in [4.78, 5) is 40.3. The number of hydrogen-bond acceptors (Lipinski definition) is 13. The maximum Gasteiger partial charge on any atom is 0.474 e. The molecule has 0 spiro atoms. The Hall–Kier alpha value is -4.17. The van der Waals surface area contributed by atoms with Gasteiger partial charge >= 0.3 is 31.7 Å². The average Bonchev–Trinajstić information content (AvgIpc) is 3.35. The van der Waals surface area contributed by atoms with Crippen molar-refractivity contribution in [3.8, 4) is 0 Å². The third kappa shape index (κ3) is 73.0. The number of aliphatic carboxylic acids is 1. The zero-order chi connectivity index (χ0) is 53.8.